The molecule has 0 radical (unpaired) electrons. The highest BCUT2D eigenvalue weighted by Crippen LogP contribution is 2.37. The number of hydrogen-bond acceptors (Lipinski definition) is 18. The van der Waals surface area contributed by atoms with Crippen LogP contribution in [0.5, 0.6) is 34.5 Å². The molecule has 12 aromatic rings. The zero-order chi connectivity index (χ0) is 61.9. The minimum atomic E-state index is -4.46. The van der Waals surface area contributed by atoms with Crippen molar-refractivity contribution in [2.45, 2.75) is 6.18 Å². The second kappa shape index (κ2) is 26.0. The van der Waals surface area contributed by atoms with Crippen molar-refractivity contribution in [1.29, 1.82) is 5.26 Å². The Labute approximate surface area is 498 Å². The summed E-state index contributed by atoms with van der Waals surface area (Å²) in [7, 11) is 1.32. The molecule has 0 fully saturated rings. The van der Waals surface area contributed by atoms with Gasteiger partial charge in [0.25, 0.3) is 0 Å². The van der Waals surface area contributed by atoms with E-state index in [9.17, 15) is 48.6 Å². The maximum atomic E-state index is 12.9. The second-order valence-corrected chi connectivity index (χ2v) is 18.9. The Kier molecular flexibility index (Phi) is 17.4. The number of ether oxygens (including phenoxy) is 1. The Bertz CT molecular complexity index is 4360. The van der Waals surface area contributed by atoms with Crippen LogP contribution >= 0.6 is 0 Å². The molecular weight excluding hydrogens is 1130 g/mol. The van der Waals surface area contributed by atoms with Gasteiger partial charge in [-0.05, 0) is 121 Å². The number of methoxy groups -OCH3 is 1. The summed E-state index contributed by atoms with van der Waals surface area (Å²) in [5.74, 6) is 1.70. The first-order valence-corrected chi connectivity index (χ1v) is 26.4. The highest BCUT2D eigenvalue weighted by molar-refractivity contribution is 5.90. The Hall–Kier alpha value is -12.4. The third-order valence-electron chi connectivity index (χ3n) is 13.1. The molecule has 21 heteroatoms. The normalized spacial score (nSPS) is 10.8. The van der Waals surface area contributed by atoms with Crippen molar-refractivity contribution in [3.63, 3.8) is 0 Å². The Morgan fingerprint density at radius 3 is 0.807 bits per heavy atom. The lowest BCUT2D eigenvalue weighted by atomic mass is 10.1. The Morgan fingerprint density at radius 2 is 0.580 bits per heavy atom. The number of aromatic hydroxyl groups is 6. The molecule has 0 bridgehead atoms. The molecule has 3 aromatic heterocycles. The molecule has 9 aromatic carbocycles. The number of carbonyl (C=O) groups excluding carboxylic acids is 1. The largest absolute Gasteiger partial charge is 0.507 e. The number of nitriles is 1. The third kappa shape index (κ3) is 13.5. The lowest BCUT2D eigenvalue weighted by molar-refractivity contribution is -0.137. The van der Waals surface area contributed by atoms with Crippen LogP contribution in [0.15, 0.2) is 218 Å². The summed E-state index contributed by atoms with van der Waals surface area (Å²) in [5.41, 5.74) is 4.22. The minimum absolute atomic E-state index is 0.0268. The molecule has 12 rings (SSSR count). The fraction of sp³-hybridized carbons (Fsp3) is 0.0299. The predicted octanol–water partition coefficient (Wildman–Crippen LogP) is 13.5. The number of phenols is 6. The molecular formula is C67H45F3N10O8. The maximum Gasteiger partial charge on any atom is 0.416 e. The van der Waals surface area contributed by atoms with Crippen molar-refractivity contribution in [2.24, 2.45) is 0 Å². The molecule has 88 heavy (non-hydrogen) atoms. The quantitative estimate of drug-likeness (QED) is 0.0694. The number of phenolic OH excluding ortho intramolecular Hbond substituents is 6. The number of nitrogens with zero attached hydrogens (tertiary/aromatic N) is 10. The van der Waals surface area contributed by atoms with Crippen LogP contribution < -0.4 is 0 Å². The number of benzene rings is 9. The highest BCUT2D eigenvalue weighted by atomic mass is 19.4. The Morgan fingerprint density at radius 1 is 0.352 bits per heavy atom. The van der Waals surface area contributed by atoms with E-state index in [1.807, 2.05) is 0 Å². The van der Waals surface area contributed by atoms with E-state index in [1.54, 1.807) is 182 Å². The van der Waals surface area contributed by atoms with Crippen LogP contribution in [-0.4, -0.2) is 88.6 Å². The van der Waals surface area contributed by atoms with Gasteiger partial charge in [0, 0.05) is 16.7 Å². The summed E-state index contributed by atoms with van der Waals surface area (Å²) in [4.78, 5) is 51.7. The van der Waals surface area contributed by atoms with Gasteiger partial charge < -0.3 is 35.4 Å². The Balaban J connectivity index is 0.000000146. The van der Waals surface area contributed by atoms with Crippen LogP contribution in [0.3, 0.4) is 0 Å². The number of aromatic nitrogens is 9. The van der Waals surface area contributed by atoms with Gasteiger partial charge in [-0.15, -0.1) is 0 Å². The summed E-state index contributed by atoms with van der Waals surface area (Å²) in [6, 6.07) is 59.7. The van der Waals surface area contributed by atoms with E-state index in [0.717, 1.165) is 12.1 Å². The fourth-order valence-corrected chi connectivity index (χ4v) is 8.59. The summed E-state index contributed by atoms with van der Waals surface area (Å²) in [6.07, 6.45) is -4.46. The molecule has 0 aliphatic heterocycles. The van der Waals surface area contributed by atoms with E-state index in [1.165, 1.54) is 31.4 Å². The molecule has 432 valence electrons. The SMILES string of the molecule is COC(=O)c1ccc(-c2nc(-c3ccccc3O)nc(-c3ccccc3O)n2)cc1.N#Cc1ccc(-c2nc(-c3ccccc3O)nc(-c3ccccc3O)n2)cc1.Oc1ccccc1-c1nc(-c2ccc(C(F)(F)F)cc2)nc(-c2ccccc2O)n1. The van der Waals surface area contributed by atoms with Crippen LogP contribution in [0.25, 0.3) is 102 Å². The van der Waals surface area contributed by atoms with Crippen molar-refractivity contribution in [2.75, 3.05) is 7.11 Å². The summed E-state index contributed by atoms with van der Waals surface area (Å²) >= 11 is 0. The number of hydrogen-bond donors (Lipinski definition) is 6. The zero-order valence-electron chi connectivity index (χ0n) is 45.9. The van der Waals surface area contributed by atoms with Gasteiger partial charge in [0.05, 0.1) is 63.3 Å². The van der Waals surface area contributed by atoms with Crippen LogP contribution in [0, 0.1) is 11.3 Å². The molecule has 0 saturated heterocycles. The summed E-state index contributed by atoms with van der Waals surface area (Å²) < 4.78 is 43.4. The standard InChI is InChI=1S/C23H17N3O4.C22H14F3N3O2.C22H14N4O2/c1-30-23(29)15-12-10-14(11-13-15)20-24-21(16-6-2-4-8-18(16)27)26-22(25-20)17-7-3-5-9-19(17)28;23-22(24,25)14-11-9-13(10-12-14)19-26-20(15-5-1-3-7-17(15)29)28-21(27-19)16-6-2-4-8-18(16)30;23-13-14-9-11-15(12-10-14)20-24-21(16-5-1-3-7-18(16)27)26-22(25-20)17-6-2-4-8-19(17)28/h2-13,27-28H,1H3;1-12,29-30H;1-12,27-28H. The summed E-state index contributed by atoms with van der Waals surface area (Å²) in [5, 5.41) is 70.4. The number of carbonyl (C=O) groups is 1. The van der Waals surface area contributed by atoms with Crippen molar-refractivity contribution >= 4 is 5.97 Å². The average Bonchev–Trinajstić information content (AvgIpc) is 3.09. The van der Waals surface area contributed by atoms with Crippen LogP contribution in [0.1, 0.15) is 21.5 Å². The zero-order valence-corrected chi connectivity index (χ0v) is 45.9. The molecule has 0 aliphatic rings. The van der Waals surface area contributed by atoms with Crippen molar-refractivity contribution < 1.29 is 53.3 Å². The smallest absolute Gasteiger partial charge is 0.416 e. The molecule has 0 spiro atoms. The van der Waals surface area contributed by atoms with Crippen molar-refractivity contribution in [3.8, 4) is 143 Å². The first-order valence-electron chi connectivity index (χ1n) is 26.4. The van der Waals surface area contributed by atoms with E-state index in [2.05, 4.69) is 50.9 Å². The van der Waals surface area contributed by atoms with Crippen molar-refractivity contribution in [1.82, 2.24) is 44.9 Å². The fourth-order valence-electron chi connectivity index (χ4n) is 8.59. The van der Waals surface area contributed by atoms with Crippen molar-refractivity contribution in [3.05, 3.63) is 235 Å². The van der Waals surface area contributed by atoms with Gasteiger partial charge in [-0.2, -0.15) is 18.4 Å². The summed E-state index contributed by atoms with van der Waals surface area (Å²) in [6.45, 7) is 0. The van der Waals surface area contributed by atoms with E-state index in [0.29, 0.717) is 72.8 Å². The third-order valence-corrected chi connectivity index (χ3v) is 13.1. The van der Waals surface area contributed by atoms with E-state index in [4.69, 9.17) is 10.00 Å². The van der Waals surface area contributed by atoms with Crippen LogP contribution in [0.2, 0.25) is 0 Å². The molecule has 0 atom stereocenters. The monoisotopic (exact) mass is 1170 g/mol. The van der Waals surface area contributed by atoms with Crippen LogP contribution in [-0.2, 0) is 10.9 Å². The predicted molar refractivity (Wildman–Crippen MR) is 319 cm³/mol. The minimum Gasteiger partial charge on any atom is -0.507 e. The van der Waals surface area contributed by atoms with E-state index in [-0.39, 0.29) is 75.3 Å². The molecule has 3 heterocycles. The molecule has 6 N–H and O–H groups in total. The van der Waals surface area contributed by atoms with Gasteiger partial charge in [-0.1, -0.05) is 97.1 Å². The first-order chi connectivity index (χ1) is 42.5. The number of para-hydroxylation sites is 6. The van der Waals surface area contributed by atoms with Gasteiger partial charge in [-0.3, -0.25) is 0 Å². The van der Waals surface area contributed by atoms with Gasteiger partial charge in [-0.25, -0.2) is 49.7 Å². The average molecular weight is 1180 g/mol. The molecule has 0 saturated carbocycles. The second-order valence-electron chi connectivity index (χ2n) is 18.9. The first kappa shape index (κ1) is 58.7. The molecule has 0 unspecified atom stereocenters. The molecule has 0 aliphatic carbocycles. The van der Waals surface area contributed by atoms with Crippen LogP contribution in [0.4, 0.5) is 13.2 Å². The topological polar surface area (TPSA) is 287 Å². The number of halogens is 3. The van der Waals surface area contributed by atoms with E-state index >= 15 is 0 Å². The van der Waals surface area contributed by atoms with E-state index < -0.39 is 17.7 Å². The van der Waals surface area contributed by atoms with Gasteiger partial charge in [0.2, 0.25) is 0 Å². The lowest BCUT2D eigenvalue weighted by Crippen LogP contribution is -2.05. The molecule has 18 nitrogen and oxygen atoms in total. The maximum absolute atomic E-state index is 12.9. The number of alkyl halides is 3. The number of rotatable bonds is 10. The molecule has 0 amide bonds. The number of esters is 1. The van der Waals surface area contributed by atoms with Gasteiger partial charge >= 0.3 is 12.1 Å². The van der Waals surface area contributed by atoms with Gasteiger partial charge in [0.1, 0.15) is 34.5 Å². The highest BCUT2D eigenvalue weighted by Gasteiger charge is 2.30. The lowest BCUT2D eigenvalue weighted by Gasteiger charge is -2.11. The van der Waals surface area contributed by atoms with Gasteiger partial charge in [0.15, 0.2) is 52.4 Å².